The fourth-order valence-electron chi connectivity index (χ4n) is 3.38. The van der Waals surface area contributed by atoms with Crippen LogP contribution in [0, 0.1) is 5.92 Å². The number of carbonyl (C=O) groups is 2. The average Bonchev–Trinajstić information content (AvgIpc) is 3.01. The predicted octanol–water partition coefficient (Wildman–Crippen LogP) is 2.17. The molecule has 0 aliphatic carbocycles. The van der Waals surface area contributed by atoms with Crippen molar-refractivity contribution in [3.05, 3.63) is 34.9 Å². The Morgan fingerprint density at radius 2 is 1.75 bits per heavy atom. The van der Waals surface area contributed by atoms with Crippen LogP contribution in [-0.2, 0) is 4.79 Å². The van der Waals surface area contributed by atoms with Crippen molar-refractivity contribution >= 4 is 35.8 Å². The molecule has 0 saturated carbocycles. The summed E-state index contributed by atoms with van der Waals surface area (Å²) >= 11 is 5.87. The second-order valence-corrected chi connectivity index (χ2v) is 6.87. The Kier molecular flexibility index (Phi) is 6.49. The second kappa shape index (κ2) is 8.19. The molecule has 1 aromatic rings. The molecule has 0 bridgehead atoms. The minimum Gasteiger partial charge on any atom is -0.341 e. The molecule has 2 fully saturated rings. The van der Waals surface area contributed by atoms with Crippen molar-refractivity contribution in [1.82, 2.24) is 9.80 Å². The zero-order valence-electron chi connectivity index (χ0n) is 13.5. The SMILES string of the molecule is Cl.N[C@@H]1CCN(C(=O)C2CCCN(C(=O)c3ccc(Cl)cc3)C2)C1. The van der Waals surface area contributed by atoms with Crippen molar-refractivity contribution in [1.29, 1.82) is 0 Å². The summed E-state index contributed by atoms with van der Waals surface area (Å²) in [4.78, 5) is 28.8. The van der Waals surface area contributed by atoms with Gasteiger partial charge >= 0.3 is 0 Å². The number of rotatable bonds is 2. The van der Waals surface area contributed by atoms with E-state index in [0.29, 0.717) is 30.2 Å². The number of halogens is 2. The predicted molar refractivity (Wildman–Crippen MR) is 96.5 cm³/mol. The molecule has 2 heterocycles. The molecule has 7 heteroatoms. The highest BCUT2D eigenvalue weighted by molar-refractivity contribution is 6.30. The molecule has 132 valence electrons. The standard InChI is InChI=1S/C17H22ClN3O2.ClH/c18-14-5-3-12(4-6-14)16(22)20-8-1-2-13(10-20)17(23)21-9-7-15(19)11-21;/h3-6,13,15H,1-2,7-11,19H2;1H/t13?,15-;/m1./s1. The molecule has 0 spiro atoms. The maximum atomic E-state index is 12.6. The summed E-state index contributed by atoms with van der Waals surface area (Å²) in [6.45, 7) is 2.57. The average molecular weight is 372 g/mol. The van der Waals surface area contributed by atoms with Crippen molar-refractivity contribution in [3.8, 4) is 0 Å². The first kappa shape index (κ1) is 19.0. The zero-order valence-corrected chi connectivity index (χ0v) is 15.1. The Morgan fingerprint density at radius 3 is 2.38 bits per heavy atom. The van der Waals surface area contributed by atoms with Crippen LogP contribution in [0.1, 0.15) is 29.6 Å². The normalized spacial score (nSPS) is 23.8. The molecule has 2 atom stereocenters. The first-order chi connectivity index (χ1) is 11.0. The first-order valence-corrected chi connectivity index (χ1v) is 8.51. The molecular formula is C17H23Cl2N3O2. The van der Waals surface area contributed by atoms with E-state index in [0.717, 1.165) is 25.8 Å². The van der Waals surface area contributed by atoms with Crippen LogP contribution in [0.2, 0.25) is 5.02 Å². The Hall–Kier alpha value is -1.30. The van der Waals surface area contributed by atoms with Gasteiger partial charge in [0.2, 0.25) is 5.91 Å². The van der Waals surface area contributed by atoms with Crippen molar-refractivity contribution in [2.45, 2.75) is 25.3 Å². The van der Waals surface area contributed by atoms with Gasteiger partial charge in [0.1, 0.15) is 0 Å². The van der Waals surface area contributed by atoms with Gasteiger partial charge in [0.25, 0.3) is 5.91 Å². The quantitative estimate of drug-likeness (QED) is 0.865. The van der Waals surface area contributed by atoms with E-state index in [1.807, 2.05) is 4.90 Å². The van der Waals surface area contributed by atoms with E-state index in [4.69, 9.17) is 17.3 Å². The number of hydrogen-bond acceptors (Lipinski definition) is 3. The number of amides is 2. The zero-order chi connectivity index (χ0) is 16.4. The summed E-state index contributed by atoms with van der Waals surface area (Å²) in [6.07, 6.45) is 2.57. The molecule has 5 nitrogen and oxygen atoms in total. The third kappa shape index (κ3) is 4.21. The van der Waals surface area contributed by atoms with Gasteiger partial charge in [-0.3, -0.25) is 9.59 Å². The maximum Gasteiger partial charge on any atom is 0.253 e. The van der Waals surface area contributed by atoms with E-state index in [9.17, 15) is 9.59 Å². The van der Waals surface area contributed by atoms with Gasteiger partial charge in [-0.15, -0.1) is 12.4 Å². The van der Waals surface area contributed by atoms with Crippen molar-refractivity contribution in [2.75, 3.05) is 26.2 Å². The van der Waals surface area contributed by atoms with E-state index in [1.54, 1.807) is 29.2 Å². The lowest BCUT2D eigenvalue weighted by molar-refractivity contribution is -0.135. The molecule has 1 aromatic carbocycles. The molecule has 24 heavy (non-hydrogen) atoms. The Bertz CT molecular complexity index is 594. The van der Waals surface area contributed by atoms with E-state index in [1.165, 1.54) is 0 Å². The molecular weight excluding hydrogens is 349 g/mol. The molecule has 1 unspecified atom stereocenters. The lowest BCUT2D eigenvalue weighted by atomic mass is 9.96. The highest BCUT2D eigenvalue weighted by Crippen LogP contribution is 2.23. The van der Waals surface area contributed by atoms with Gasteiger partial charge in [-0.25, -0.2) is 0 Å². The van der Waals surface area contributed by atoms with Crippen LogP contribution >= 0.6 is 24.0 Å². The topological polar surface area (TPSA) is 66.6 Å². The van der Waals surface area contributed by atoms with Gasteiger partial charge in [0.15, 0.2) is 0 Å². The Balaban J connectivity index is 0.00000208. The minimum absolute atomic E-state index is 0. The van der Waals surface area contributed by atoms with E-state index in [2.05, 4.69) is 0 Å². The third-order valence-corrected chi connectivity index (χ3v) is 4.94. The van der Waals surface area contributed by atoms with Crippen LogP contribution < -0.4 is 5.73 Å². The fourth-order valence-corrected chi connectivity index (χ4v) is 3.51. The lowest BCUT2D eigenvalue weighted by Crippen LogP contribution is -2.46. The summed E-state index contributed by atoms with van der Waals surface area (Å²) < 4.78 is 0. The highest BCUT2D eigenvalue weighted by atomic mass is 35.5. The summed E-state index contributed by atoms with van der Waals surface area (Å²) in [7, 11) is 0. The van der Waals surface area contributed by atoms with Gasteiger partial charge in [-0.1, -0.05) is 11.6 Å². The van der Waals surface area contributed by atoms with Crippen LogP contribution in [0.5, 0.6) is 0 Å². The van der Waals surface area contributed by atoms with Crippen LogP contribution in [-0.4, -0.2) is 53.8 Å². The smallest absolute Gasteiger partial charge is 0.253 e. The number of piperidine rings is 1. The molecule has 2 aliphatic rings. The third-order valence-electron chi connectivity index (χ3n) is 4.69. The maximum absolute atomic E-state index is 12.6. The summed E-state index contributed by atoms with van der Waals surface area (Å²) in [5, 5.41) is 0.610. The first-order valence-electron chi connectivity index (χ1n) is 8.14. The molecule has 2 saturated heterocycles. The number of benzene rings is 1. The van der Waals surface area contributed by atoms with E-state index >= 15 is 0 Å². The van der Waals surface area contributed by atoms with Gasteiger partial charge in [0.05, 0.1) is 5.92 Å². The summed E-state index contributed by atoms with van der Waals surface area (Å²) in [6, 6.07) is 6.99. The largest absolute Gasteiger partial charge is 0.341 e. The summed E-state index contributed by atoms with van der Waals surface area (Å²) in [5.41, 5.74) is 6.50. The molecule has 2 amide bonds. The van der Waals surface area contributed by atoms with Crippen molar-refractivity contribution in [2.24, 2.45) is 11.7 Å². The number of likely N-dealkylation sites (tertiary alicyclic amines) is 2. The van der Waals surface area contributed by atoms with Crippen LogP contribution in [0.25, 0.3) is 0 Å². The van der Waals surface area contributed by atoms with Crippen molar-refractivity contribution in [3.63, 3.8) is 0 Å². The fraction of sp³-hybridized carbons (Fsp3) is 0.529. The van der Waals surface area contributed by atoms with Gasteiger partial charge < -0.3 is 15.5 Å². The minimum atomic E-state index is -0.106. The van der Waals surface area contributed by atoms with E-state index < -0.39 is 0 Å². The molecule has 2 aliphatic heterocycles. The molecule has 2 N–H and O–H groups in total. The van der Waals surface area contributed by atoms with Crippen LogP contribution in [0.4, 0.5) is 0 Å². The van der Waals surface area contributed by atoms with Gasteiger partial charge in [0, 0.05) is 42.8 Å². The van der Waals surface area contributed by atoms with Crippen molar-refractivity contribution < 1.29 is 9.59 Å². The highest BCUT2D eigenvalue weighted by Gasteiger charge is 2.33. The van der Waals surface area contributed by atoms with Crippen LogP contribution in [0.15, 0.2) is 24.3 Å². The molecule has 0 radical (unpaired) electrons. The number of hydrogen-bond donors (Lipinski definition) is 1. The monoisotopic (exact) mass is 371 g/mol. The number of nitrogens with two attached hydrogens (primary N) is 1. The molecule has 0 aromatic heterocycles. The summed E-state index contributed by atoms with van der Waals surface area (Å²) in [5.74, 6) is 0.00847. The van der Waals surface area contributed by atoms with E-state index in [-0.39, 0.29) is 36.2 Å². The van der Waals surface area contributed by atoms with Gasteiger partial charge in [-0.05, 0) is 43.5 Å². The molecule has 3 rings (SSSR count). The second-order valence-electron chi connectivity index (χ2n) is 6.43. The number of carbonyl (C=O) groups excluding carboxylic acids is 2. The van der Waals surface area contributed by atoms with Gasteiger partial charge in [-0.2, -0.15) is 0 Å². The Labute approximate surface area is 153 Å². The lowest BCUT2D eigenvalue weighted by Gasteiger charge is -2.34. The number of nitrogens with zero attached hydrogens (tertiary/aromatic N) is 2. The Morgan fingerprint density at radius 1 is 1.04 bits per heavy atom. The van der Waals surface area contributed by atoms with Crippen LogP contribution in [0.3, 0.4) is 0 Å².